The third kappa shape index (κ3) is 5.16. The van der Waals surface area contributed by atoms with Gasteiger partial charge >= 0.3 is 6.09 Å². The number of aromatic nitrogens is 3. The Morgan fingerprint density at radius 1 is 1.00 bits per heavy atom. The number of nitrogen functional groups attached to an aromatic ring is 1. The maximum atomic E-state index is 13.0. The molecule has 188 valence electrons. The highest BCUT2D eigenvalue weighted by Crippen LogP contribution is 2.26. The van der Waals surface area contributed by atoms with E-state index in [0.717, 1.165) is 10.9 Å². The zero-order valence-corrected chi connectivity index (χ0v) is 19.7. The quantitative estimate of drug-likeness (QED) is 0.199. The Bertz CT molecular complexity index is 1580. The number of aliphatic hydroxyl groups is 1. The van der Waals surface area contributed by atoms with Crippen molar-refractivity contribution in [1.29, 1.82) is 0 Å². The van der Waals surface area contributed by atoms with Crippen LogP contribution in [0.3, 0.4) is 0 Å². The van der Waals surface area contributed by atoms with Crippen molar-refractivity contribution in [2.45, 2.75) is 12.1 Å². The van der Waals surface area contributed by atoms with Crippen molar-refractivity contribution in [3.05, 3.63) is 78.4 Å². The molecule has 11 nitrogen and oxygen atoms in total. The van der Waals surface area contributed by atoms with Gasteiger partial charge in [-0.25, -0.2) is 9.78 Å². The van der Waals surface area contributed by atoms with Crippen molar-refractivity contribution >= 4 is 45.6 Å². The molecule has 2 amide bonds. The third-order valence-corrected chi connectivity index (χ3v) is 5.79. The molecule has 2 heterocycles. The monoisotopic (exact) mass is 500 g/mol. The number of hydrogen-bond donors (Lipinski definition) is 6. The number of anilines is 2. The van der Waals surface area contributed by atoms with Crippen LogP contribution in [0.15, 0.2) is 72.8 Å². The normalized spacial score (nSPS) is 12.7. The van der Waals surface area contributed by atoms with Crippen LogP contribution in [0.4, 0.5) is 16.4 Å². The SMILES string of the molecule is COc1ccc2[nH]c(OC(=O)NC(c3ccccc3)C(O)C(=O)Nc3ccc4nc(N)[nH]c4c3)cc2c1. The first kappa shape index (κ1) is 23.7. The smallest absolute Gasteiger partial charge is 0.414 e. The molecule has 0 saturated carbocycles. The van der Waals surface area contributed by atoms with Gasteiger partial charge in [0.25, 0.3) is 5.91 Å². The number of aromatic amines is 2. The molecule has 0 fully saturated rings. The Morgan fingerprint density at radius 2 is 1.81 bits per heavy atom. The van der Waals surface area contributed by atoms with Gasteiger partial charge in [-0.3, -0.25) is 4.79 Å². The molecule has 0 spiro atoms. The van der Waals surface area contributed by atoms with E-state index in [4.69, 9.17) is 15.2 Å². The fourth-order valence-corrected chi connectivity index (χ4v) is 4.00. The lowest BCUT2D eigenvalue weighted by Crippen LogP contribution is -2.43. The summed E-state index contributed by atoms with van der Waals surface area (Å²) in [5, 5.41) is 17.0. The van der Waals surface area contributed by atoms with Gasteiger partial charge in [-0.05, 0) is 42.0 Å². The molecular formula is C26H24N6O5. The van der Waals surface area contributed by atoms with Crippen LogP contribution in [0.1, 0.15) is 11.6 Å². The fraction of sp³-hybridized carbons (Fsp3) is 0.115. The van der Waals surface area contributed by atoms with E-state index in [9.17, 15) is 14.7 Å². The summed E-state index contributed by atoms with van der Waals surface area (Å²) in [6.45, 7) is 0. The van der Waals surface area contributed by atoms with Crippen molar-refractivity contribution in [2.75, 3.05) is 18.2 Å². The second kappa shape index (κ2) is 9.91. The van der Waals surface area contributed by atoms with Gasteiger partial charge < -0.3 is 40.9 Å². The second-order valence-corrected chi connectivity index (χ2v) is 8.30. The summed E-state index contributed by atoms with van der Waals surface area (Å²) < 4.78 is 10.6. The number of imidazole rings is 1. The molecule has 11 heteroatoms. The van der Waals surface area contributed by atoms with Crippen LogP contribution in [0.5, 0.6) is 11.6 Å². The standard InChI is InChI=1S/C26H24N6O5/c1-36-17-8-10-18-15(11-17)12-21(29-18)37-26(35)32-22(14-5-3-2-4-6-14)23(33)24(34)28-16-7-9-19-20(13-16)31-25(27)30-19/h2-13,22-23,29,33H,1H3,(H,28,34)(H,32,35)(H3,27,30,31). The number of nitrogens with two attached hydrogens (primary N) is 1. The Labute approximate surface area is 210 Å². The number of methoxy groups -OCH3 is 1. The molecule has 37 heavy (non-hydrogen) atoms. The lowest BCUT2D eigenvalue weighted by Gasteiger charge is -2.23. The lowest BCUT2D eigenvalue weighted by molar-refractivity contribution is -0.125. The maximum absolute atomic E-state index is 13.0. The molecule has 7 N–H and O–H groups in total. The predicted octanol–water partition coefficient (Wildman–Crippen LogP) is 3.46. The van der Waals surface area contributed by atoms with Crippen LogP contribution >= 0.6 is 0 Å². The molecule has 0 aliphatic rings. The number of nitrogens with one attached hydrogen (secondary N) is 4. The van der Waals surface area contributed by atoms with Gasteiger partial charge in [0.1, 0.15) is 5.75 Å². The highest BCUT2D eigenvalue weighted by Gasteiger charge is 2.30. The molecule has 0 saturated heterocycles. The van der Waals surface area contributed by atoms with Gasteiger partial charge in [0, 0.05) is 22.7 Å². The summed E-state index contributed by atoms with van der Waals surface area (Å²) in [5.74, 6) is 0.382. The van der Waals surface area contributed by atoms with Crippen LogP contribution in [-0.2, 0) is 4.79 Å². The van der Waals surface area contributed by atoms with Gasteiger partial charge in [-0.2, -0.15) is 0 Å². The number of hydrogen-bond acceptors (Lipinski definition) is 7. The number of H-pyrrole nitrogens is 2. The van der Waals surface area contributed by atoms with Crippen LogP contribution < -0.4 is 25.8 Å². The van der Waals surface area contributed by atoms with Gasteiger partial charge in [-0.1, -0.05) is 30.3 Å². The molecule has 0 bridgehead atoms. The van der Waals surface area contributed by atoms with Crippen LogP contribution in [0, 0.1) is 0 Å². The number of nitrogens with zero attached hydrogens (tertiary/aromatic N) is 1. The molecule has 5 rings (SSSR count). The third-order valence-electron chi connectivity index (χ3n) is 5.79. The van der Waals surface area contributed by atoms with Crippen LogP contribution in [0.25, 0.3) is 21.9 Å². The summed E-state index contributed by atoms with van der Waals surface area (Å²) in [4.78, 5) is 35.7. The van der Waals surface area contributed by atoms with Gasteiger partial charge in [0.05, 0.1) is 24.2 Å². The van der Waals surface area contributed by atoms with E-state index < -0.39 is 24.1 Å². The topological polar surface area (TPSA) is 167 Å². The van der Waals surface area contributed by atoms with Crippen LogP contribution in [0.2, 0.25) is 0 Å². The molecule has 2 unspecified atom stereocenters. The first-order chi connectivity index (χ1) is 17.9. The first-order valence-corrected chi connectivity index (χ1v) is 11.3. The number of carbonyl (C=O) groups excluding carboxylic acids is 2. The van der Waals surface area contributed by atoms with E-state index in [1.54, 1.807) is 79.9 Å². The number of ether oxygens (including phenoxy) is 2. The summed E-state index contributed by atoms with van der Waals surface area (Å²) in [5.41, 5.74) is 8.62. The minimum absolute atomic E-state index is 0.193. The summed E-state index contributed by atoms with van der Waals surface area (Å²) in [7, 11) is 1.56. The molecule has 5 aromatic rings. The first-order valence-electron chi connectivity index (χ1n) is 11.3. The van der Waals surface area contributed by atoms with E-state index in [1.165, 1.54) is 0 Å². The van der Waals surface area contributed by atoms with Crippen molar-refractivity contribution in [1.82, 2.24) is 20.3 Å². The van der Waals surface area contributed by atoms with Gasteiger partial charge in [-0.15, -0.1) is 0 Å². The number of benzene rings is 3. The number of carbonyl (C=O) groups is 2. The molecular weight excluding hydrogens is 476 g/mol. The van der Waals surface area contributed by atoms with Crippen molar-refractivity contribution in [2.24, 2.45) is 0 Å². The van der Waals surface area contributed by atoms with Crippen molar-refractivity contribution in [3.63, 3.8) is 0 Å². The number of fused-ring (bicyclic) bond motifs is 2. The van der Waals surface area contributed by atoms with Gasteiger partial charge in [0.15, 0.2) is 12.1 Å². The van der Waals surface area contributed by atoms with Gasteiger partial charge in [0.2, 0.25) is 5.88 Å². The molecule has 2 aromatic heterocycles. The highest BCUT2D eigenvalue weighted by atomic mass is 16.6. The Balaban J connectivity index is 1.32. The van der Waals surface area contributed by atoms with E-state index >= 15 is 0 Å². The van der Waals surface area contributed by atoms with Crippen molar-refractivity contribution < 1.29 is 24.2 Å². The Morgan fingerprint density at radius 3 is 2.59 bits per heavy atom. The van der Waals surface area contributed by atoms with E-state index in [0.29, 0.717) is 28.0 Å². The minimum Gasteiger partial charge on any atom is -0.497 e. The molecule has 0 aliphatic heterocycles. The fourth-order valence-electron chi connectivity index (χ4n) is 4.00. The number of rotatable bonds is 7. The average Bonchev–Trinajstić information content (AvgIpc) is 3.47. The zero-order chi connectivity index (χ0) is 25.9. The summed E-state index contributed by atoms with van der Waals surface area (Å²) in [6, 6.07) is 19.5. The lowest BCUT2D eigenvalue weighted by atomic mass is 10.0. The number of aliphatic hydroxyl groups excluding tert-OH is 1. The predicted molar refractivity (Wildman–Crippen MR) is 138 cm³/mol. The zero-order valence-electron chi connectivity index (χ0n) is 19.7. The number of amides is 2. The molecule has 3 aromatic carbocycles. The van der Waals surface area contributed by atoms with Crippen LogP contribution in [-0.4, -0.2) is 45.3 Å². The van der Waals surface area contributed by atoms with E-state index in [2.05, 4.69) is 25.6 Å². The van der Waals surface area contributed by atoms with E-state index in [-0.39, 0.29) is 11.8 Å². The maximum Gasteiger partial charge on any atom is 0.414 e. The van der Waals surface area contributed by atoms with Crippen molar-refractivity contribution in [3.8, 4) is 11.6 Å². The largest absolute Gasteiger partial charge is 0.497 e. The average molecular weight is 501 g/mol. The minimum atomic E-state index is -1.63. The summed E-state index contributed by atoms with van der Waals surface area (Å²) in [6.07, 6.45) is -2.49. The Hall–Kier alpha value is -5.03. The highest BCUT2D eigenvalue weighted by molar-refractivity contribution is 5.96. The second-order valence-electron chi connectivity index (χ2n) is 8.30. The summed E-state index contributed by atoms with van der Waals surface area (Å²) >= 11 is 0. The molecule has 2 atom stereocenters. The van der Waals surface area contributed by atoms with E-state index in [1.807, 2.05) is 0 Å². The Kier molecular flexibility index (Phi) is 6.35. The molecule has 0 aliphatic carbocycles. The molecule has 0 radical (unpaired) electrons.